The van der Waals surface area contributed by atoms with Crippen LogP contribution in [0.5, 0.6) is 0 Å². The number of rotatable bonds is 3. The van der Waals surface area contributed by atoms with E-state index in [2.05, 4.69) is 5.32 Å². The zero-order chi connectivity index (χ0) is 11.5. The summed E-state index contributed by atoms with van der Waals surface area (Å²) in [6.07, 6.45) is 1.87. The van der Waals surface area contributed by atoms with Crippen molar-refractivity contribution in [3.63, 3.8) is 0 Å². The average Bonchev–Trinajstić information content (AvgIpc) is 2.75. The third kappa shape index (κ3) is 2.23. The molecule has 1 saturated heterocycles. The lowest BCUT2D eigenvalue weighted by Gasteiger charge is -2.23. The van der Waals surface area contributed by atoms with Crippen LogP contribution in [0.3, 0.4) is 0 Å². The second kappa shape index (κ2) is 4.89. The summed E-state index contributed by atoms with van der Waals surface area (Å²) in [7, 11) is 1.76. The normalized spacial score (nSPS) is 22.3. The van der Waals surface area contributed by atoms with Crippen molar-refractivity contribution < 1.29 is 13.5 Å². The third-order valence-electron chi connectivity index (χ3n) is 2.95. The SMILES string of the molecule is CNC(c1ccc(F)cc1F)C1CCCO1. The summed E-state index contributed by atoms with van der Waals surface area (Å²) in [6, 6.07) is 3.46. The average molecular weight is 227 g/mol. The van der Waals surface area contributed by atoms with Crippen LogP contribution in [0.2, 0.25) is 0 Å². The molecule has 0 bridgehead atoms. The van der Waals surface area contributed by atoms with Crippen LogP contribution in [-0.4, -0.2) is 19.8 Å². The summed E-state index contributed by atoms with van der Waals surface area (Å²) in [6.45, 7) is 0.714. The molecule has 1 heterocycles. The maximum atomic E-state index is 13.6. The summed E-state index contributed by atoms with van der Waals surface area (Å²) in [4.78, 5) is 0. The topological polar surface area (TPSA) is 21.3 Å². The zero-order valence-corrected chi connectivity index (χ0v) is 9.17. The first-order valence-corrected chi connectivity index (χ1v) is 5.46. The largest absolute Gasteiger partial charge is 0.376 e. The van der Waals surface area contributed by atoms with Crippen molar-refractivity contribution in [3.8, 4) is 0 Å². The minimum absolute atomic E-state index is 0.0232. The molecule has 1 aromatic rings. The Hall–Kier alpha value is -1.00. The van der Waals surface area contributed by atoms with Gasteiger partial charge in [0.05, 0.1) is 12.1 Å². The molecule has 1 aliphatic rings. The van der Waals surface area contributed by atoms with Crippen LogP contribution in [0.15, 0.2) is 18.2 Å². The predicted octanol–water partition coefficient (Wildman–Crippen LogP) is 2.40. The van der Waals surface area contributed by atoms with Gasteiger partial charge in [0.1, 0.15) is 11.6 Å². The Balaban J connectivity index is 2.25. The summed E-state index contributed by atoms with van der Waals surface area (Å²) >= 11 is 0. The van der Waals surface area contributed by atoms with E-state index >= 15 is 0 Å². The molecule has 88 valence electrons. The van der Waals surface area contributed by atoms with Crippen LogP contribution in [-0.2, 0) is 4.74 Å². The van der Waals surface area contributed by atoms with Gasteiger partial charge < -0.3 is 10.1 Å². The van der Waals surface area contributed by atoms with E-state index in [0.29, 0.717) is 12.2 Å². The number of hydrogen-bond acceptors (Lipinski definition) is 2. The zero-order valence-electron chi connectivity index (χ0n) is 9.17. The van der Waals surface area contributed by atoms with Crippen LogP contribution in [0, 0.1) is 11.6 Å². The number of ether oxygens (including phenoxy) is 1. The fraction of sp³-hybridized carbons (Fsp3) is 0.500. The van der Waals surface area contributed by atoms with E-state index in [1.165, 1.54) is 12.1 Å². The van der Waals surface area contributed by atoms with E-state index in [1.807, 2.05) is 0 Å². The van der Waals surface area contributed by atoms with Crippen molar-refractivity contribution in [2.75, 3.05) is 13.7 Å². The molecule has 0 aromatic heterocycles. The highest BCUT2D eigenvalue weighted by molar-refractivity contribution is 5.23. The van der Waals surface area contributed by atoms with E-state index < -0.39 is 11.6 Å². The summed E-state index contributed by atoms with van der Waals surface area (Å²) in [5.74, 6) is -1.07. The monoisotopic (exact) mass is 227 g/mol. The van der Waals surface area contributed by atoms with E-state index in [4.69, 9.17) is 4.74 Å². The predicted molar refractivity (Wildman–Crippen MR) is 57.1 cm³/mol. The number of likely N-dealkylation sites (N-methyl/N-ethyl adjacent to an activating group) is 1. The molecule has 1 N–H and O–H groups in total. The molecule has 2 unspecified atom stereocenters. The molecule has 16 heavy (non-hydrogen) atoms. The first-order chi connectivity index (χ1) is 7.72. The van der Waals surface area contributed by atoms with Crippen LogP contribution in [0.25, 0.3) is 0 Å². The molecule has 4 heteroatoms. The molecule has 0 spiro atoms. The van der Waals surface area contributed by atoms with Gasteiger partial charge in [0.15, 0.2) is 0 Å². The maximum Gasteiger partial charge on any atom is 0.130 e. The molecular formula is C12H15F2NO. The fourth-order valence-electron chi connectivity index (χ4n) is 2.16. The van der Waals surface area contributed by atoms with Crippen molar-refractivity contribution in [2.45, 2.75) is 25.0 Å². The molecule has 2 nitrogen and oxygen atoms in total. The minimum Gasteiger partial charge on any atom is -0.376 e. The number of nitrogens with one attached hydrogen (secondary N) is 1. The van der Waals surface area contributed by atoms with Gasteiger partial charge >= 0.3 is 0 Å². The van der Waals surface area contributed by atoms with Crippen molar-refractivity contribution >= 4 is 0 Å². The Kier molecular flexibility index (Phi) is 3.51. The van der Waals surface area contributed by atoms with Gasteiger partial charge in [-0.3, -0.25) is 0 Å². The molecule has 1 fully saturated rings. The third-order valence-corrected chi connectivity index (χ3v) is 2.95. The molecule has 1 aromatic carbocycles. The van der Waals surface area contributed by atoms with Gasteiger partial charge in [-0.1, -0.05) is 6.07 Å². The smallest absolute Gasteiger partial charge is 0.130 e. The fourth-order valence-corrected chi connectivity index (χ4v) is 2.16. The minimum atomic E-state index is -0.552. The lowest BCUT2D eigenvalue weighted by atomic mass is 9.99. The Bertz CT molecular complexity index is 364. The summed E-state index contributed by atoms with van der Waals surface area (Å²) in [5.41, 5.74) is 0.468. The molecule has 0 radical (unpaired) electrons. The van der Waals surface area contributed by atoms with Crippen molar-refractivity contribution in [1.82, 2.24) is 5.32 Å². The van der Waals surface area contributed by atoms with Gasteiger partial charge in [0, 0.05) is 18.2 Å². The van der Waals surface area contributed by atoms with Crippen molar-refractivity contribution in [1.29, 1.82) is 0 Å². The van der Waals surface area contributed by atoms with Gasteiger partial charge in [0.2, 0.25) is 0 Å². The number of halogens is 2. The first kappa shape index (κ1) is 11.5. The molecule has 0 aliphatic carbocycles. The van der Waals surface area contributed by atoms with Crippen LogP contribution in [0.1, 0.15) is 24.4 Å². The van der Waals surface area contributed by atoms with E-state index in [0.717, 1.165) is 18.9 Å². The number of hydrogen-bond donors (Lipinski definition) is 1. The number of benzene rings is 1. The summed E-state index contributed by atoms with van der Waals surface area (Å²) < 4.78 is 31.9. The van der Waals surface area contributed by atoms with E-state index in [9.17, 15) is 8.78 Å². The highest BCUT2D eigenvalue weighted by Crippen LogP contribution is 2.28. The van der Waals surface area contributed by atoms with Gasteiger partial charge in [-0.25, -0.2) is 8.78 Å². The molecule has 2 rings (SSSR count). The summed E-state index contributed by atoms with van der Waals surface area (Å²) in [5, 5.41) is 3.03. The van der Waals surface area contributed by atoms with E-state index in [1.54, 1.807) is 7.05 Å². The molecule has 0 saturated carbocycles. The lowest BCUT2D eigenvalue weighted by Crippen LogP contribution is -2.29. The van der Waals surface area contributed by atoms with Crippen LogP contribution < -0.4 is 5.32 Å². The Morgan fingerprint density at radius 3 is 2.81 bits per heavy atom. The van der Waals surface area contributed by atoms with E-state index in [-0.39, 0.29) is 12.1 Å². The Morgan fingerprint density at radius 2 is 2.25 bits per heavy atom. The van der Waals surface area contributed by atoms with Gasteiger partial charge in [-0.15, -0.1) is 0 Å². The highest BCUT2D eigenvalue weighted by atomic mass is 19.1. The lowest BCUT2D eigenvalue weighted by molar-refractivity contribution is 0.0796. The molecule has 2 atom stereocenters. The highest BCUT2D eigenvalue weighted by Gasteiger charge is 2.28. The van der Waals surface area contributed by atoms with Gasteiger partial charge in [0.25, 0.3) is 0 Å². The molecular weight excluding hydrogens is 212 g/mol. The Labute approximate surface area is 93.6 Å². The standard InChI is InChI=1S/C12H15F2NO/c1-15-12(11-3-2-6-16-11)9-5-4-8(13)7-10(9)14/h4-5,7,11-12,15H,2-3,6H2,1H3. The second-order valence-corrected chi connectivity index (χ2v) is 3.98. The van der Waals surface area contributed by atoms with Crippen LogP contribution in [0.4, 0.5) is 8.78 Å². The second-order valence-electron chi connectivity index (χ2n) is 3.98. The molecule has 0 amide bonds. The van der Waals surface area contributed by atoms with Gasteiger partial charge in [-0.2, -0.15) is 0 Å². The van der Waals surface area contributed by atoms with Crippen molar-refractivity contribution in [2.24, 2.45) is 0 Å². The quantitative estimate of drug-likeness (QED) is 0.856. The van der Waals surface area contributed by atoms with Crippen molar-refractivity contribution in [3.05, 3.63) is 35.4 Å². The van der Waals surface area contributed by atoms with Crippen LogP contribution >= 0.6 is 0 Å². The molecule has 1 aliphatic heterocycles. The van der Waals surface area contributed by atoms with Gasteiger partial charge in [-0.05, 0) is 26.0 Å². The maximum absolute atomic E-state index is 13.6. The first-order valence-electron chi connectivity index (χ1n) is 5.46. The Morgan fingerprint density at radius 1 is 1.44 bits per heavy atom.